The number of rotatable bonds is 7. The van der Waals surface area contributed by atoms with Gasteiger partial charge in [0.25, 0.3) is 0 Å². The Balaban J connectivity index is 1.31. The van der Waals surface area contributed by atoms with Gasteiger partial charge in [-0.15, -0.1) is 0 Å². The molecule has 0 atom stereocenters. The van der Waals surface area contributed by atoms with Crippen molar-refractivity contribution in [2.45, 2.75) is 19.7 Å². The average Bonchev–Trinajstić information content (AvgIpc) is 3.38. The van der Waals surface area contributed by atoms with Crippen molar-refractivity contribution in [2.24, 2.45) is 0 Å². The zero-order valence-corrected chi connectivity index (χ0v) is 16.8. The van der Waals surface area contributed by atoms with Crippen LogP contribution in [-0.2, 0) is 24.5 Å². The van der Waals surface area contributed by atoms with Crippen LogP contribution in [0.3, 0.4) is 0 Å². The molecular weight excluding hydrogens is 390 g/mol. The van der Waals surface area contributed by atoms with Crippen molar-refractivity contribution < 1.29 is 9.53 Å². The number of nitrogens with zero attached hydrogens (tertiary/aromatic N) is 3. The summed E-state index contributed by atoms with van der Waals surface area (Å²) in [5.74, 6) is 2.06. The van der Waals surface area contributed by atoms with Crippen molar-refractivity contribution in [3.8, 4) is 5.75 Å². The lowest BCUT2D eigenvalue weighted by Crippen LogP contribution is -2.28. The summed E-state index contributed by atoms with van der Waals surface area (Å²) in [6, 6.07) is 25.1. The molecule has 0 saturated carbocycles. The first-order valence-electron chi connectivity index (χ1n) is 10.1. The van der Waals surface area contributed by atoms with Crippen molar-refractivity contribution in [3.63, 3.8) is 0 Å². The van der Waals surface area contributed by atoms with Gasteiger partial charge < -0.3 is 19.6 Å². The van der Waals surface area contributed by atoms with Gasteiger partial charge in [0.1, 0.15) is 30.5 Å². The molecular formula is C24H21N5O2. The molecule has 7 heteroatoms. The topological polar surface area (TPSA) is 84.8 Å². The maximum absolute atomic E-state index is 12.7. The third-order valence-corrected chi connectivity index (χ3v) is 5.04. The Morgan fingerprint density at radius 3 is 2.48 bits per heavy atom. The van der Waals surface area contributed by atoms with E-state index < -0.39 is 0 Å². The predicted octanol–water partition coefficient (Wildman–Crippen LogP) is 3.81. The second-order valence-electron chi connectivity index (χ2n) is 7.18. The van der Waals surface area contributed by atoms with Gasteiger partial charge in [0.2, 0.25) is 5.91 Å². The summed E-state index contributed by atoms with van der Waals surface area (Å²) in [5, 5.41) is 2.94. The summed E-state index contributed by atoms with van der Waals surface area (Å²) < 4.78 is 7.77. The van der Waals surface area contributed by atoms with E-state index in [1.54, 1.807) is 0 Å². The lowest BCUT2D eigenvalue weighted by Gasteiger charge is -2.10. The van der Waals surface area contributed by atoms with E-state index in [0.717, 1.165) is 33.6 Å². The van der Waals surface area contributed by atoms with Crippen LogP contribution in [0, 0.1) is 0 Å². The fourth-order valence-corrected chi connectivity index (χ4v) is 3.55. The van der Waals surface area contributed by atoms with Crippen LogP contribution in [0.2, 0.25) is 0 Å². The number of benzene rings is 3. The van der Waals surface area contributed by atoms with E-state index in [4.69, 9.17) is 4.74 Å². The fourth-order valence-electron chi connectivity index (χ4n) is 3.55. The number of carbonyl (C=O) groups is 1. The van der Waals surface area contributed by atoms with Gasteiger partial charge in [-0.25, -0.2) is 9.97 Å². The molecule has 31 heavy (non-hydrogen) atoms. The molecule has 1 amide bonds. The molecule has 0 saturated heterocycles. The van der Waals surface area contributed by atoms with Crippen molar-refractivity contribution >= 4 is 28.0 Å². The number of hydrogen-bond acceptors (Lipinski definition) is 4. The minimum atomic E-state index is -0.121. The highest BCUT2D eigenvalue weighted by Crippen LogP contribution is 2.18. The van der Waals surface area contributed by atoms with Crippen LogP contribution in [0.15, 0.2) is 78.9 Å². The highest BCUT2D eigenvalue weighted by molar-refractivity contribution is 5.81. The van der Waals surface area contributed by atoms with Gasteiger partial charge >= 0.3 is 0 Å². The summed E-state index contributed by atoms with van der Waals surface area (Å²) in [7, 11) is 0. The Kier molecular flexibility index (Phi) is 5.06. The summed E-state index contributed by atoms with van der Waals surface area (Å²) in [5.41, 5.74) is 3.56. The monoisotopic (exact) mass is 411 g/mol. The maximum Gasteiger partial charge on any atom is 0.240 e. The molecule has 0 unspecified atom stereocenters. The highest BCUT2D eigenvalue weighted by atomic mass is 16.5. The summed E-state index contributed by atoms with van der Waals surface area (Å²) in [6.45, 7) is 0.750. The van der Waals surface area contributed by atoms with E-state index in [2.05, 4.69) is 20.3 Å². The van der Waals surface area contributed by atoms with Crippen LogP contribution in [0.25, 0.3) is 22.1 Å². The molecule has 0 aliphatic rings. The Morgan fingerprint density at radius 1 is 0.903 bits per heavy atom. The van der Waals surface area contributed by atoms with E-state index >= 15 is 0 Å². The summed E-state index contributed by atoms with van der Waals surface area (Å²) in [6.07, 6.45) is 0. The van der Waals surface area contributed by atoms with Crippen LogP contribution in [0.4, 0.5) is 0 Å². The number of aromatic amines is 1. The number of amides is 1. The van der Waals surface area contributed by atoms with E-state index in [1.807, 2.05) is 83.4 Å². The first-order chi connectivity index (χ1) is 15.3. The first kappa shape index (κ1) is 18.9. The number of imidazole rings is 2. The number of carbonyl (C=O) groups excluding carboxylic acids is 1. The lowest BCUT2D eigenvalue weighted by molar-refractivity contribution is -0.121. The maximum atomic E-state index is 12.7. The van der Waals surface area contributed by atoms with Crippen molar-refractivity contribution in [1.82, 2.24) is 24.8 Å². The fraction of sp³-hybridized carbons (Fsp3) is 0.125. The molecule has 2 heterocycles. The summed E-state index contributed by atoms with van der Waals surface area (Å²) >= 11 is 0. The van der Waals surface area contributed by atoms with Gasteiger partial charge in [-0.2, -0.15) is 0 Å². The Bertz CT molecular complexity index is 1310. The zero-order chi connectivity index (χ0) is 21.0. The average molecular weight is 411 g/mol. The van der Waals surface area contributed by atoms with E-state index in [-0.39, 0.29) is 19.1 Å². The standard InChI is InChI=1S/C24H21N5O2/c30-24(25-14-22-26-18-10-4-5-11-19(18)27-22)15-29-21-13-7-6-12-20(21)28-23(29)16-31-17-8-2-1-3-9-17/h1-13H,14-16H2,(H,25,30)(H,26,27). The van der Waals surface area contributed by atoms with Crippen LogP contribution >= 0.6 is 0 Å². The molecule has 0 bridgehead atoms. The first-order valence-corrected chi connectivity index (χ1v) is 10.1. The lowest BCUT2D eigenvalue weighted by atomic mass is 10.3. The van der Waals surface area contributed by atoms with Gasteiger partial charge in [-0.05, 0) is 36.4 Å². The molecule has 0 aliphatic heterocycles. The molecule has 2 N–H and O–H groups in total. The molecule has 0 aliphatic carbocycles. The molecule has 3 aromatic carbocycles. The Labute approximate surface area is 178 Å². The predicted molar refractivity (Wildman–Crippen MR) is 118 cm³/mol. The number of fused-ring (bicyclic) bond motifs is 2. The second kappa shape index (κ2) is 8.31. The zero-order valence-electron chi connectivity index (χ0n) is 16.8. The number of aromatic nitrogens is 4. The molecule has 7 nitrogen and oxygen atoms in total. The third-order valence-electron chi connectivity index (χ3n) is 5.04. The number of nitrogens with one attached hydrogen (secondary N) is 2. The van der Waals surface area contributed by atoms with Crippen LogP contribution < -0.4 is 10.1 Å². The van der Waals surface area contributed by atoms with E-state index in [9.17, 15) is 4.79 Å². The SMILES string of the molecule is O=C(Cn1c(COc2ccccc2)nc2ccccc21)NCc1nc2ccccc2[nH]1. The van der Waals surface area contributed by atoms with Gasteiger partial charge in [0.15, 0.2) is 0 Å². The largest absolute Gasteiger partial charge is 0.486 e. The van der Waals surface area contributed by atoms with Crippen LogP contribution in [0.5, 0.6) is 5.75 Å². The van der Waals surface area contributed by atoms with Crippen LogP contribution in [0.1, 0.15) is 11.6 Å². The molecule has 0 radical (unpaired) electrons. The normalized spacial score (nSPS) is 11.1. The molecule has 2 aromatic heterocycles. The van der Waals surface area contributed by atoms with Gasteiger partial charge in [-0.3, -0.25) is 4.79 Å². The molecule has 0 spiro atoms. The molecule has 5 rings (SSSR count). The van der Waals surface area contributed by atoms with E-state index in [1.165, 1.54) is 0 Å². The molecule has 5 aromatic rings. The highest BCUT2D eigenvalue weighted by Gasteiger charge is 2.14. The summed E-state index contributed by atoms with van der Waals surface area (Å²) in [4.78, 5) is 25.1. The van der Waals surface area contributed by atoms with Crippen molar-refractivity contribution in [3.05, 3.63) is 90.5 Å². The number of hydrogen-bond donors (Lipinski definition) is 2. The number of ether oxygens (including phenoxy) is 1. The third kappa shape index (κ3) is 4.11. The number of para-hydroxylation sites is 5. The van der Waals surface area contributed by atoms with Crippen molar-refractivity contribution in [2.75, 3.05) is 0 Å². The van der Waals surface area contributed by atoms with E-state index in [0.29, 0.717) is 12.4 Å². The quantitative estimate of drug-likeness (QED) is 0.427. The van der Waals surface area contributed by atoms with Crippen LogP contribution in [-0.4, -0.2) is 25.4 Å². The van der Waals surface area contributed by atoms with Gasteiger partial charge in [0.05, 0.1) is 28.6 Å². The number of H-pyrrole nitrogens is 1. The van der Waals surface area contributed by atoms with Crippen molar-refractivity contribution in [1.29, 1.82) is 0 Å². The smallest absolute Gasteiger partial charge is 0.240 e. The molecule has 154 valence electrons. The Hall–Kier alpha value is -4.13. The minimum absolute atomic E-state index is 0.121. The Morgan fingerprint density at radius 2 is 1.65 bits per heavy atom. The molecule has 0 fully saturated rings. The second-order valence-corrected chi connectivity index (χ2v) is 7.18. The van der Waals surface area contributed by atoms with Gasteiger partial charge in [0, 0.05) is 0 Å². The van der Waals surface area contributed by atoms with Gasteiger partial charge in [-0.1, -0.05) is 42.5 Å². The minimum Gasteiger partial charge on any atom is -0.486 e.